The first kappa shape index (κ1) is 19.1. The Labute approximate surface area is 165 Å². The van der Waals surface area contributed by atoms with Crippen LogP contribution in [0, 0.1) is 5.82 Å². The van der Waals surface area contributed by atoms with Crippen molar-refractivity contribution in [3.63, 3.8) is 0 Å². The van der Waals surface area contributed by atoms with Gasteiger partial charge >= 0.3 is 5.56 Å². The number of hydrogen-bond donors (Lipinski definition) is 1. The molecule has 3 aromatic heterocycles. The fraction of sp³-hybridized carbons (Fsp3) is 0.158. The first-order valence-corrected chi connectivity index (χ1v) is 10.0. The molecule has 8 nitrogen and oxygen atoms in total. The van der Waals surface area contributed by atoms with E-state index in [2.05, 4.69) is 4.98 Å². The van der Waals surface area contributed by atoms with Gasteiger partial charge in [0.05, 0.1) is 11.7 Å². The third kappa shape index (κ3) is 3.06. The van der Waals surface area contributed by atoms with Crippen LogP contribution in [0.15, 0.2) is 58.6 Å². The molecule has 1 N–H and O–H groups in total. The predicted molar refractivity (Wildman–Crippen MR) is 105 cm³/mol. The van der Waals surface area contributed by atoms with E-state index >= 15 is 0 Å². The Morgan fingerprint density at radius 2 is 1.86 bits per heavy atom. The van der Waals surface area contributed by atoms with Crippen LogP contribution >= 0.6 is 0 Å². The lowest BCUT2D eigenvalue weighted by molar-refractivity contribution is 0.176. The van der Waals surface area contributed by atoms with Crippen LogP contribution in [0.4, 0.5) is 4.39 Å². The van der Waals surface area contributed by atoms with Crippen LogP contribution in [0.2, 0.25) is 0 Å². The number of halogens is 1. The highest BCUT2D eigenvalue weighted by molar-refractivity contribution is 7.89. The summed E-state index contributed by atoms with van der Waals surface area (Å²) >= 11 is 0. The first-order valence-electron chi connectivity index (χ1n) is 8.59. The van der Waals surface area contributed by atoms with Crippen molar-refractivity contribution in [2.75, 3.05) is 14.1 Å². The second-order valence-corrected chi connectivity index (χ2v) is 8.90. The van der Waals surface area contributed by atoms with Gasteiger partial charge in [-0.2, -0.15) is 4.73 Å². The predicted octanol–water partition coefficient (Wildman–Crippen LogP) is 2.03. The lowest BCUT2D eigenvalue weighted by Crippen LogP contribution is -2.22. The molecule has 1 aromatic carbocycles. The molecule has 4 aromatic rings. The molecule has 150 valence electrons. The largest absolute Gasteiger partial charge is 0.425 e. The number of aromatic nitrogens is 3. The van der Waals surface area contributed by atoms with Gasteiger partial charge in [0.15, 0.2) is 0 Å². The highest BCUT2D eigenvalue weighted by Gasteiger charge is 2.26. The van der Waals surface area contributed by atoms with E-state index in [-0.39, 0.29) is 22.8 Å². The molecule has 0 atom stereocenters. The van der Waals surface area contributed by atoms with E-state index < -0.39 is 15.6 Å². The molecule has 0 amide bonds. The fourth-order valence-corrected chi connectivity index (χ4v) is 4.36. The van der Waals surface area contributed by atoms with E-state index in [1.807, 2.05) is 0 Å². The average Bonchev–Trinajstić information content (AvgIpc) is 3.06. The fourth-order valence-electron chi connectivity index (χ4n) is 3.23. The molecule has 0 aliphatic rings. The average molecular weight is 416 g/mol. The summed E-state index contributed by atoms with van der Waals surface area (Å²) in [6, 6.07) is 7.33. The lowest BCUT2D eigenvalue weighted by atomic mass is 10.2. The standard InChI is InChI=1S/C19H17FN4O4S/c1-22(2)29(27,28)16-11-23(10-12-3-5-13(20)6-4-12)15-9-21-18-14(17(15)16)7-8-24(26)19(18)25/h3-9,11,26H,10H2,1-2H3. The zero-order chi connectivity index (χ0) is 20.9. The van der Waals surface area contributed by atoms with Crippen LogP contribution in [-0.4, -0.2) is 46.3 Å². The zero-order valence-corrected chi connectivity index (χ0v) is 16.4. The maximum absolute atomic E-state index is 13.2. The molecular formula is C19H17FN4O4S. The highest BCUT2D eigenvalue weighted by atomic mass is 32.2. The van der Waals surface area contributed by atoms with Gasteiger partial charge in [-0.25, -0.2) is 22.1 Å². The minimum atomic E-state index is -3.84. The molecule has 29 heavy (non-hydrogen) atoms. The molecule has 10 heteroatoms. The third-order valence-corrected chi connectivity index (χ3v) is 6.57. The molecule has 0 saturated carbocycles. The molecule has 0 radical (unpaired) electrons. The van der Waals surface area contributed by atoms with Crippen molar-refractivity contribution >= 4 is 31.8 Å². The minimum absolute atomic E-state index is 0.0158. The monoisotopic (exact) mass is 416 g/mol. The van der Waals surface area contributed by atoms with Gasteiger partial charge in [-0.15, -0.1) is 0 Å². The molecule has 0 aliphatic heterocycles. The first-order chi connectivity index (χ1) is 13.7. The van der Waals surface area contributed by atoms with Gasteiger partial charge in [0, 0.05) is 43.8 Å². The molecular weight excluding hydrogens is 399 g/mol. The Bertz CT molecular complexity index is 1410. The van der Waals surface area contributed by atoms with Gasteiger partial charge in [-0.1, -0.05) is 12.1 Å². The van der Waals surface area contributed by atoms with E-state index in [4.69, 9.17) is 0 Å². The Morgan fingerprint density at radius 3 is 2.52 bits per heavy atom. The minimum Gasteiger partial charge on any atom is -0.425 e. The van der Waals surface area contributed by atoms with E-state index in [1.165, 1.54) is 44.7 Å². The number of rotatable bonds is 4. The van der Waals surface area contributed by atoms with Crippen molar-refractivity contribution in [1.29, 1.82) is 0 Å². The Morgan fingerprint density at radius 1 is 1.17 bits per heavy atom. The van der Waals surface area contributed by atoms with Gasteiger partial charge in [0.2, 0.25) is 10.0 Å². The lowest BCUT2D eigenvalue weighted by Gasteiger charge is -2.10. The second kappa shape index (κ2) is 6.68. The van der Waals surface area contributed by atoms with Gasteiger partial charge < -0.3 is 9.77 Å². The Kier molecular flexibility index (Phi) is 4.39. The highest BCUT2D eigenvalue weighted by Crippen LogP contribution is 2.32. The van der Waals surface area contributed by atoms with Crippen molar-refractivity contribution in [3.05, 3.63) is 70.7 Å². The van der Waals surface area contributed by atoms with Crippen LogP contribution in [0.1, 0.15) is 5.56 Å². The maximum atomic E-state index is 13.2. The number of sulfonamides is 1. The van der Waals surface area contributed by atoms with Crippen LogP contribution in [-0.2, 0) is 16.6 Å². The number of nitrogens with zero attached hydrogens (tertiary/aromatic N) is 4. The second-order valence-electron chi connectivity index (χ2n) is 6.78. The third-order valence-electron chi connectivity index (χ3n) is 4.74. The molecule has 3 heterocycles. The molecule has 0 aliphatic carbocycles. The summed E-state index contributed by atoms with van der Waals surface area (Å²) in [6.45, 7) is 0.282. The summed E-state index contributed by atoms with van der Waals surface area (Å²) in [6.07, 6.45) is 4.03. The quantitative estimate of drug-likeness (QED) is 0.514. The summed E-state index contributed by atoms with van der Waals surface area (Å²) in [5, 5.41) is 10.3. The van der Waals surface area contributed by atoms with Crippen molar-refractivity contribution in [2.24, 2.45) is 0 Å². The van der Waals surface area contributed by atoms with E-state index in [0.717, 1.165) is 16.1 Å². The molecule has 0 unspecified atom stereocenters. The van der Waals surface area contributed by atoms with E-state index in [0.29, 0.717) is 21.0 Å². The van der Waals surface area contributed by atoms with Gasteiger partial charge in [0.25, 0.3) is 0 Å². The van der Waals surface area contributed by atoms with Gasteiger partial charge in [-0.3, -0.25) is 4.79 Å². The zero-order valence-electron chi connectivity index (χ0n) is 15.6. The topological polar surface area (TPSA) is 97.4 Å². The molecule has 0 saturated heterocycles. The molecule has 4 rings (SSSR count). The number of pyridine rings is 2. The van der Waals surface area contributed by atoms with Gasteiger partial charge in [0.1, 0.15) is 16.2 Å². The summed E-state index contributed by atoms with van der Waals surface area (Å²) in [4.78, 5) is 16.4. The van der Waals surface area contributed by atoms with Crippen molar-refractivity contribution in [2.45, 2.75) is 11.4 Å². The smallest absolute Gasteiger partial charge is 0.309 e. The van der Waals surface area contributed by atoms with Crippen molar-refractivity contribution < 1.29 is 18.0 Å². The van der Waals surface area contributed by atoms with Crippen molar-refractivity contribution in [1.82, 2.24) is 18.6 Å². The molecule has 0 spiro atoms. The summed E-state index contributed by atoms with van der Waals surface area (Å²) in [5.74, 6) is -0.366. The molecule has 0 fully saturated rings. The Balaban J connectivity index is 2.06. The van der Waals surface area contributed by atoms with Gasteiger partial charge in [-0.05, 0) is 23.8 Å². The summed E-state index contributed by atoms with van der Waals surface area (Å²) < 4.78 is 42.3. The van der Waals surface area contributed by atoms with Crippen LogP contribution in [0.25, 0.3) is 21.8 Å². The Hall–Kier alpha value is -3.24. The van der Waals surface area contributed by atoms with Crippen LogP contribution in [0.5, 0.6) is 0 Å². The van der Waals surface area contributed by atoms with E-state index in [9.17, 15) is 22.8 Å². The van der Waals surface area contributed by atoms with Crippen LogP contribution < -0.4 is 5.56 Å². The number of benzene rings is 1. The number of fused-ring (bicyclic) bond motifs is 3. The maximum Gasteiger partial charge on any atom is 0.309 e. The molecule has 0 bridgehead atoms. The number of hydrogen-bond acceptors (Lipinski definition) is 5. The van der Waals surface area contributed by atoms with E-state index in [1.54, 1.807) is 16.7 Å². The summed E-state index contributed by atoms with van der Waals surface area (Å²) in [5.41, 5.74) is 0.474. The van der Waals surface area contributed by atoms with Crippen LogP contribution in [0.3, 0.4) is 0 Å². The normalized spacial score (nSPS) is 12.3. The van der Waals surface area contributed by atoms with Crippen molar-refractivity contribution in [3.8, 4) is 0 Å². The summed E-state index contributed by atoms with van der Waals surface area (Å²) in [7, 11) is -1.00. The SMILES string of the molecule is CN(C)S(=O)(=O)c1cn(Cc2ccc(F)cc2)c2cnc3c(=O)n(O)ccc3c12.